The first-order valence-electron chi connectivity index (χ1n) is 27.1. The van der Waals surface area contributed by atoms with Gasteiger partial charge < -0.3 is 14.2 Å². The molecule has 0 atom stereocenters. The Morgan fingerprint density at radius 3 is 1.65 bits per heavy atom. The molecule has 0 N–H and O–H groups in total. The van der Waals surface area contributed by atoms with Gasteiger partial charge in [-0.05, 0) is 126 Å². The highest BCUT2D eigenvalue weighted by atomic mass is 16.5. The second-order valence-electron chi connectivity index (χ2n) is 24.1. The predicted octanol–water partition coefficient (Wildman–Crippen LogP) is 19.8. The molecule has 0 saturated heterocycles. The standard InChI is InChI=1S/C72H64N4O/c1-70(2,3)49-33-31-46(32-34-49)47-39-48(41-51(40-47)72(7,8)9)55-26-17-27-62-58-23-12-10-21-56(58)57-22-11-13-24-59(57)63-28-18-30-65-69(63)75(68(55)62)45-74(65)52-19-16-20-53(43-52)77-54-35-36-61-60-25-14-15-29-64(60)76(66(61)44-54)67-42-50(37-38-73-67)71(4,5)6/h10-44H,45H2,1-9H3. The van der Waals surface area contributed by atoms with E-state index in [2.05, 4.69) is 283 Å². The molecule has 378 valence electrons. The number of nitrogens with zero attached hydrogens (tertiary/aromatic N) is 4. The number of rotatable bonds is 6. The number of aromatic nitrogens is 3. The van der Waals surface area contributed by atoms with Gasteiger partial charge in [0.25, 0.3) is 0 Å². The second-order valence-corrected chi connectivity index (χ2v) is 24.1. The minimum atomic E-state index is -0.0955. The van der Waals surface area contributed by atoms with E-state index >= 15 is 0 Å². The summed E-state index contributed by atoms with van der Waals surface area (Å²) in [5.41, 5.74) is 15.3. The summed E-state index contributed by atoms with van der Waals surface area (Å²) in [5.74, 6) is 2.41. The van der Waals surface area contributed by atoms with Crippen molar-refractivity contribution in [2.24, 2.45) is 0 Å². The van der Waals surface area contributed by atoms with Crippen molar-refractivity contribution in [3.63, 3.8) is 0 Å². The Morgan fingerprint density at radius 2 is 0.961 bits per heavy atom. The van der Waals surface area contributed by atoms with Gasteiger partial charge in [-0.2, -0.15) is 0 Å². The van der Waals surface area contributed by atoms with E-state index in [-0.39, 0.29) is 16.2 Å². The lowest BCUT2D eigenvalue weighted by Gasteiger charge is -2.23. The molecule has 12 aromatic rings. The number of ether oxygens (including phenoxy) is 1. The number of anilines is 2. The van der Waals surface area contributed by atoms with E-state index < -0.39 is 0 Å². The van der Waals surface area contributed by atoms with Crippen LogP contribution in [0.2, 0.25) is 0 Å². The minimum Gasteiger partial charge on any atom is -0.457 e. The summed E-state index contributed by atoms with van der Waals surface area (Å²) in [6.45, 7) is 21.1. The van der Waals surface area contributed by atoms with Crippen LogP contribution >= 0.6 is 0 Å². The third-order valence-corrected chi connectivity index (χ3v) is 15.9. The normalized spacial score (nSPS) is 12.9. The van der Waals surface area contributed by atoms with Crippen molar-refractivity contribution in [1.29, 1.82) is 0 Å². The maximum absolute atomic E-state index is 6.94. The van der Waals surface area contributed by atoms with Gasteiger partial charge in [0, 0.05) is 51.1 Å². The van der Waals surface area contributed by atoms with Gasteiger partial charge in [-0.15, -0.1) is 0 Å². The zero-order chi connectivity index (χ0) is 53.0. The zero-order valence-electron chi connectivity index (χ0n) is 45.6. The molecular weight excluding hydrogens is 937 g/mol. The Bertz CT molecular complexity index is 4400. The number of benzene rings is 9. The summed E-state index contributed by atoms with van der Waals surface area (Å²) < 4.78 is 11.8. The van der Waals surface area contributed by atoms with Crippen molar-refractivity contribution >= 4 is 76.5 Å². The van der Waals surface area contributed by atoms with Crippen molar-refractivity contribution in [1.82, 2.24) is 14.1 Å². The van der Waals surface area contributed by atoms with Crippen molar-refractivity contribution in [2.75, 3.05) is 4.90 Å². The molecule has 0 amide bonds. The SMILES string of the molecule is CC(C)(C)c1ccc(-c2cc(-c3cccc4c5ccccc5c5ccccc5c5cccc6c5n(c34)CN6c3cccc(Oc4ccc5c6ccccc6n(-c6cc(C(C)(C)C)ccn6)c5c4)c3)cc(C(C)(C)C)c2)cc1. The molecule has 9 aromatic carbocycles. The highest BCUT2D eigenvalue weighted by Gasteiger charge is 2.27. The third kappa shape index (κ3) is 8.37. The molecule has 77 heavy (non-hydrogen) atoms. The van der Waals surface area contributed by atoms with Gasteiger partial charge in [0.15, 0.2) is 0 Å². The van der Waals surface area contributed by atoms with Crippen molar-refractivity contribution in [2.45, 2.75) is 85.2 Å². The molecular formula is C72H64N4O. The first-order valence-corrected chi connectivity index (χ1v) is 27.1. The van der Waals surface area contributed by atoms with Crippen LogP contribution in [0.25, 0.3) is 93.2 Å². The van der Waals surface area contributed by atoms with E-state index in [0.717, 1.165) is 45.1 Å². The van der Waals surface area contributed by atoms with Gasteiger partial charge in [-0.25, -0.2) is 4.98 Å². The van der Waals surface area contributed by atoms with Gasteiger partial charge in [-0.3, -0.25) is 4.57 Å². The van der Waals surface area contributed by atoms with Crippen LogP contribution in [0.15, 0.2) is 212 Å². The molecule has 1 aliphatic heterocycles. The van der Waals surface area contributed by atoms with E-state index in [9.17, 15) is 0 Å². The first-order chi connectivity index (χ1) is 37.1. The maximum Gasteiger partial charge on any atom is 0.137 e. The Kier molecular flexibility index (Phi) is 11.2. The Balaban J connectivity index is 1.000. The Labute approximate surface area is 452 Å². The first kappa shape index (κ1) is 48.0. The topological polar surface area (TPSA) is 35.2 Å². The van der Waals surface area contributed by atoms with Crippen LogP contribution in [0.3, 0.4) is 0 Å². The highest BCUT2D eigenvalue weighted by Crippen LogP contribution is 2.46. The second kappa shape index (κ2) is 18.0. The fraction of sp³-hybridized carbons (Fsp3) is 0.181. The highest BCUT2D eigenvalue weighted by molar-refractivity contribution is 6.22. The van der Waals surface area contributed by atoms with Gasteiger partial charge in [0.1, 0.15) is 24.0 Å². The average molecular weight is 1000 g/mol. The summed E-state index contributed by atoms with van der Waals surface area (Å²) >= 11 is 0. The van der Waals surface area contributed by atoms with Crippen molar-refractivity contribution in [3.05, 3.63) is 229 Å². The molecule has 5 nitrogen and oxygen atoms in total. The zero-order valence-corrected chi connectivity index (χ0v) is 45.6. The maximum atomic E-state index is 6.94. The average Bonchev–Trinajstić information content (AvgIpc) is 4.20. The van der Waals surface area contributed by atoms with E-state index in [1.54, 1.807) is 0 Å². The smallest absolute Gasteiger partial charge is 0.137 e. The molecule has 0 saturated carbocycles. The molecule has 0 radical (unpaired) electrons. The molecule has 13 rings (SSSR count). The number of hydrogen-bond acceptors (Lipinski definition) is 3. The van der Waals surface area contributed by atoms with Crippen LogP contribution in [0.4, 0.5) is 11.4 Å². The summed E-state index contributed by atoms with van der Waals surface area (Å²) in [5, 5.41) is 9.57. The molecule has 3 aromatic heterocycles. The van der Waals surface area contributed by atoms with Crippen LogP contribution in [0, 0.1) is 0 Å². The molecule has 5 heteroatoms. The van der Waals surface area contributed by atoms with E-state index in [1.165, 1.54) is 87.7 Å². The molecule has 0 spiro atoms. The summed E-state index contributed by atoms with van der Waals surface area (Å²) in [7, 11) is 0. The quantitative estimate of drug-likeness (QED) is 0.166. The molecule has 0 unspecified atom stereocenters. The molecule has 0 fully saturated rings. The van der Waals surface area contributed by atoms with Crippen LogP contribution < -0.4 is 9.64 Å². The van der Waals surface area contributed by atoms with Crippen LogP contribution in [-0.4, -0.2) is 14.1 Å². The van der Waals surface area contributed by atoms with E-state index in [0.29, 0.717) is 6.67 Å². The lowest BCUT2D eigenvalue weighted by Crippen LogP contribution is -2.15. The molecule has 0 bridgehead atoms. The lowest BCUT2D eigenvalue weighted by atomic mass is 9.82. The fourth-order valence-electron chi connectivity index (χ4n) is 11.8. The van der Waals surface area contributed by atoms with E-state index in [4.69, 9.17) is 9.72 Å². The molecule has 4 heterocycles. The van der Waals surface area contributed by atoms with Gasteiger partial charge in [0.05, 0.1) is 27.8 Å². The molecule has 0 aliphatic carbocycles. The number of hydrogen-bond donors (Lipinski definition) is 0. The summed E-state index contributed by atoms with van der Waals surface area (Å²) in [4.78, 5) is 7.40. The van der Waals surface area contributed by atoms with Crippen LogP contribution in [0.1, 0.15) is 79.0 Å². The Morgan fingerprint density at radius 1 is 0.390 bits per heavy atom. The number of para-hydroxylation sites is 3. The predicted molar refractivity (Wildman–Crippen MR) is 326 cm³/mol. The largest absolute Gasteiger partial charge is 0.457 e. The van der Waals surface area contributed by atoms with Crippen molar-refractivity contribution < 1.29 is 4.74 Å². The fourth-order valence-corrected chi connectivity index (χ4v) is 11.8. The lowest BCUT2D eigenvalue weighted by molar-refractivity contribution is 0.483. The van der Waals surface area contributed by atoms with Gasteiger partial charge in [0.2, 0.25) is 0 Å². The monoisotopic (exact) mass is 1000 g/mol. The minimum absolute atomic E-state index is 0.0247. The van der Waals surface area contributed by atoms with Crippen molar-refractivity contribution in [3.8, 4) is 39.6 Å². The molecule has 1 aliphatic rings. The van der Waals surface area contributed by atoms with Crippen LogP contribution in [-0.2, 0) is 22.9 Å². The Hall–Kier alpha value is -8.67. The summed E-state index contributed by atoms with van der Waals surface area (Å²) in [6, 6.07) is 76.1. The van der Waals surface area contributed by atoms with E-state index in [1.807, 2.05) is 6.20 Å². The number of fused-ring (bicyclic) bond motifs is 10. The van der Waals surface area contributed by atoms with Gasteiger partial charge >= 0.3 is 0 Å². The van der Waals surface area contributed by atoms with Gasteiger partial charge in [-0.1, -0.05) is 202 Å². The summed E-state index contributed by atoms with van der Waals surface area (Å²) in [6.07, 6.45) is 1.93. The third-order valence-electron chi connectivity index (χ3n) is 15.9. The van der Waals surface area contributed by atoms with Crippen LogP contribution in [0.5, 0.6) is 11.5 Å². The number of pyridine rings is 1.